The van der Waals surface area contributed by atoms with Gasteiger partial charge in [-0.3, -0.25) is 0 Å². The molecule has 8 nitrogen and oxygen atoms in total. The van der Waals surface area contributed by atoms with E-state index in [1.807, 2.05) is 19.2 Å². The van der Waals surface area contributed by atoms with Crippen LogP contribution in [0, 0.1) is 12.8 Å². The van der Waals surface area contributed by atoms with Crippen molar-refractivity contribution in [2.75, 3.05) is 5.73 Å². The average molecular weight is 322 g/mol. The number of rotatable bonds is 3. The van der Waals surface area contributed by atoms with Gasteiger partial charge in [-0.05, 0) is 18.9 Å². The van der Waals surface area contributed by atoms with Gasteiger partial charge < -0.3 is 10.3 Å². The van der Waals surface area contributed by atoms with E-state index in [-0.39, 0.29) is 5.95 Å². The largest absolute Gasteiger partial charge is 0.367 e. The Labute approximate surface area is 138 Å². The Morgan fingerprint density at radius 2 is 2.00 bits per heavy atom. The maximum atomic E-state index is 5.62. The molecular weight excluding hydrogens is 304 g/mol. The minimum absolute atomic E-state index is 0.231. The molecule has 4 aromatic rings. The van der Waals surface area contributed by atoms with E-state index in [1.54, 1.807) is 16.9 Å². The molecule has 0 aliphatic carbocycles. The predicted octanol–water partition coefficient (Wildman–Crippen LogP) is 2.08. The zero-order valence-electron chi connectivity index (χ0n) is 13.8. The van der Waals surface area contributed by atoms with Gasteiger partial charge in [0.15, 0.2) is 11.3 Å². The molecule has 2 N–H and O–H groups in total. The van der Waals surface area contributed by atoms with Gasteiger partial charge in [0.2, 0.25) is 5.95 Å². The van der Waals surface area contributed by atoms with Crippen LogP contribution in [0.4, 0.5) is 5.95 Å². The summed E-state index contributed by atoms with van der Waals surface area (Å²) >= 11 is 0. The Balaban J connectivity index is 1.85. The minimum atomic E-state index is 0.231. The lowest BCUT2D eigenvalue weighted by Gasteiger charge is -2.08. The molecule has 4 rings (SSSR count). The molecule has 0 unspecified atom stereocenters. The molecule has 122 valence electrons. The first-order chi connectivity index (χ1) is 11.5. The number of hydrogen-bond acceptors (Lipinski definition) is 6. The summed E-state index contributed by atoms with van der Waals surface area (Å²) in [5.74, 6) is 1.67. The highest BCUT2D eigenvalue weighted by molar-refractivity contribution is 5.80. The Morgan fingerprint density at radius 1 is 1.17 bits per heavy atom. The van der Waals surface area contributed by atoms with E-state index in [4.69, 9.17) is 5.73 Å². The Morgan fingerprint density at radius 3 is 2.79 bits per heavy atom. The lowest BCUT2D eigenvalue weighted by atomic mass is 10.2. The average Bonchev–Trinajstić information content (AvgIpc) is 3.07. The Kier molecular flexibility index (Phi) is 3.19. The number of nitrogens with zero attached hydrogens (tertiary/aromatic N) is 7. The SMILES string of the molecule is Cc1nc2nc(-c3ccn4nc(N)ncc34)cnc2n1CC(C)C. The number of aromatic nitrogens is 7. The first-order valence-corrected chi connectivity index (χ1v) is 7.83. The van der Waals surface area contributed by atoms with Crippen molar-refractivity contribution in [2.45, 2.75) is 27.3 Å². The first kappa shape index (κ1) is 14.6. The lowest BCUT2D eigenvalue weighted by molar-refractivity contribution is 0.521. The van der Waals surface area contributed by atoms with E-state index in [0.717, 1.165) is 34.8 Å². The summed E-state index contributed by atoms with van der Waals surface area (Å²) in [6, 6.07) is 1.93. The number of nitrogen functional groups attached to an aromatic ring is 1. The van der Waals surface area contributed by atoms with Crippen molar-refractivity contribution in [3.63, 3.8) is 0 Å². The zero-order chi connectivity index (χ0) is 16.8. The van der Waals surface area contributed by atoms with Gasteiger partial charge >= 0.3 is 0 Å². The molecule has 0 spiro atoms. The summed E-state index contributed by atoms with van der Waals surface area (Å²) in [6.07, 6.45) is 5.29. The van der Waals surface area contributed by atoms with E-state index in [1.165, 1.54) is 0 Å². The predicted molar refractivity (Wildman–Crippen MR) is 91.3 cm³/mol. The fourth-order valence-electron chi connectivity index (χ4n) is 2.85. The molecule has 0 atom stereocenters. The molecule has 0 aliphatic heterocycles. The normalized spacial score (nSPS) is 11.8. The highest BCUT2D eigenvalue weighted by Gasteiger charge is 2.14. The quantitative estimate of drug-likeness (QED) is 0.620. The summed E-state index contributed by atoms with van der Waals surface area (Å²) < 4.78 is 3.80. The summed E-state index contributed by atoms with van der Waals surface area (Å²) in [7, 11) is 0. The molecular formula is C16H18N8. The Hall–Kier alpha value is -3.03. The molecule has 0 amide bonds. The molecule has 4 aromatic heterocycles. The van der Waals surface area contributed by atoms with E-state index in [9.17, 15) is 0 Å². The maximum absolute atomic E-state index is 5.62. The second kappa shape index (κ2) is 5.26. The van der Waals surface area contributed by atoms with Crippen LogP contribution in [-0.4, -0.2) is 34.1 Å². The molecule has 4 heterocycles. The number of fused-ring (bicyclic) bond motifs is 2. The third-order valence-electron chi connectivity index (χ3n) is 3.91. The highest BCUT2D eigenvalue weighted by Crippen LogP contribution is 2.24. The number of aryl methyl sites for hydroxylation is 1. The maximum Gasteiger partial charge on any atom is 0.238 e. The van der Waals surface area contributed by atoms with Crippen molar-refractivity contribution in [1.29, 1.82) is 0 Å². The number of imidazole rings is 1. The first-order valence-electron chi connectivity index (χ1n) is 7.83. The second-order valence-corrected chi connectivity index (χ2v) is 6.24. The van der Waals surface area contributed by atoms with Crippen molar-refractivity contribution in [3.05, 3.63) is 30.5 Å². The van der Waals surface area contributed by atoms with Gasteiger partial charge in [0.1, 0.15) is 5.82 Å². The van der Waals surface area contributed by atoms with E-state index >= 15 is 0 Å². The molecule has 0 aromatic carbocycles. The zero-order valence-corrected chi connectivity index (χ0v) is 13.8. The minimum Gasteiger partial charge on any atom is -0.367 e. The van der Waals surface area contributed by atoms with Gasteiger partial charge in [-0.25, -0.2) is 24.5 Å². The molecule has 8 heteroatoms. The van der Waals surface area contributed by atoms with Crippen LogP contribution < -0.4 is 5.73 Å². The van der Waals surface area contributed by atoms with Crippen LogP contribution in [0.1, 0.15) is 19.7 Å². The third-order valence-corrected chi connectivity index (χ3v) is 3.91. The molecule has 0 bridgehead atoms. The number of hydrogen-bond donors (Lipinski definition) is 1. The third kappa shape index (κ3) is 2.27. The van der Waals surface area contributed by atoms with Gasteiger partial charge in [0.05, 0.1) is 23.6 Å². The highest BCUT2D eigenvalue weighted by atomic mass is 15.3. The van der Waals surface area contributed by atoms with E-state index in [0.29, 0.717) is 11.6 Å². The monoisotopic (exact) mass is 322 g/mol. The second-order valence-electron chi connectivity index (χ2n) is 6.24. The van der Waals surface area contributed by atoms with Crippen LogP contribution in [0.3, 0.4) is 0 Å². The summed E-state index contributed by atoms with van der Waals surface area (Å²) in [6.45, 7) is 7.20. The molecule has 0 saturated heterocycles. The van der Waals surface area contributed by atoms with Gasteiger partial charge in [-0.2, -0.15) is 0 Å². The van der Waals surface area contributed by atoms with Crippen LogP contribution in [0.2, 0.25) is 0 Å². The van der Waals surface area contributed by atoms with Crippen LogP contribution in [0.5, 0.6) is 0 Å². The van der Waals surface area contributed by atoms with E-state index < -0.39 is 0 Å². The van der Waals surface area contributed by atoms with Gasteiger partial charge in [0.25, 0.3) is 0 Å². The van der Waals surface area contributed by atoms with Gasteiger partial charge in [-0.1, -0.05) is 13.8 Å². The van der Waals surface area contributed by atoms with Crippen LogP contribution in [0.25, 0.3) is 28.1 Å². The van der Waals surface area contributed by atoms with Crippen molar-refractivity contribution in [3.8, 4) is 11.3 Å². The van der Waals surface area contributed by atoms with Crippen molar-refractivity contribution >= 4 is 22.8 Å². The fourth-order valence-corrected chi connectivity index (χ4v) is 2.85. The molecule has 0 radical (unpaired) electrons. The topological polar surface area (TPSA) is 99.8 Å². The number of anilines is 1. The number of nitrogens with two attached hydrogens (primary N) is 1. The summed E-state index contributed by atoms with van der Waals surface area (Å²) in [5.41, 5.74) is 9.57. The summed E-state index contributed by atoms with van der Waals surface area (Å²) in [5, 5.41) is 4.15. The summed E-state index contributed by atoms with van der Waals surface area (Å²) in [4.78, 5) is 17.9. The smallest absolute Gasteiger partial charge is 0.238 e. The lowest BCUT2D eigenvalue weighted by Crippen LogP contribution is -2.07. The van der Waals surface area contributed by atoms with E-state index in [2.05, 4.69) is 43.4 Å². The van der Waals surface area contributed by atoms with Crippen molar-refractivity contribution in [1.82, 2.24) is 34.1 Å². The fraction of sp³-hybridized carbons (Fsp3) is 0.312. The molecule has 0 aliphatic rings. The van der Waals surface area contributed by atoms with Crippen LogP contribution >= 0.6 is 0 Å². The molecule has 24 heavy (non-hydrogen) atoms. The molecule has 0 saturated carbocycles. The van der Waals surface area contributed by atoms with Crippen molar-refractivity contribution < 1.29 is 0 Å². The molecule has 0 fully saturated rings. The van der Waals surface area contributed by atoms with Gasteiger partial charge in [-0.15, -0.1) is 5.10 Å². The standard InChI is InChI=1S/C16H18N8/c1-9(2)8-23-10(3)20-14-15(23)18-6-12(21-14)11-4-5-24-13(11)7-19-16(17)22-24/h4-7,9H,8H2,1-3H3,(H2,17,22). The van der Waals surface area contributed by atoms with Crippen LogP contribution in [0.15, 0.2) is 24.7 Å². The van der Waals surface area contributed by atoms with Gasteiger partial charge in [0, 0.05) is 18.3 Å². The Bertz CT molecular complexity index is 1040. The van der Waals surface area contributed by atoms with Crippen molar-refractivity contribution in [2.24, 2.45) is 5.92 Å². The van der Waals surface area contributed by atoms with Crippen LogP contribution in [-0.2, 0) is 6.54 Å².